The van der Waals surface area contributed by atoms with Gasteiger partial charge in [-0.3, -0.25) is 0 Å². The molecule has 1 atom stereocenters. The molecule has 0 fully saturated rings. The molecule has 1 aromatic heterocycles. The Morgan fingerprint density at radius 1 is 1.22 bits per heavy atom. The molecule has 0 saturated heterocycles. The van der Waals surface area contributed by atoms with E-state index in [1.54, 1.807) is 17.0 Å². The van der Waals surface area contributed by atoms with E-state index in [4.69, 9.17) is 23.2 Å². The second-order valence-electron chi connectivity index (χ2n) is 6.48. The third kappa shape index (κ3) is 3.32. The van der Waals surface area contributed by atoms with Crippen LogP contribution in [-0.2, 0) is 6.42 Å². The zero-order chi connectivity index (χ0) is 19.1. The number of hydrogen-bond acceptors (Lipinski definition) is 3. The highest BCUT2D eigenvalue weighted by Gasteiger charge is 2.33. The highest BCUT2D eigenvalue weighted by molar-refractivity contribution is 6.31. The van der Waals surface area contributed by atoms with Gasteiger partial charge >= 0.3 is 6.03 Å². The van der Waals surface area contributed by atoms with Gasteiger partial charge in [-0.05, 0) is 42.3 Å². The molecule has 2 aromatic carbocycles. The number of nitrogens with zero attached hydrogens (tertiary/aromatic N) is 1. The summed E-state index contributed by atoms with van der Waals surface area (Å²) in [5.41, 5.74) is 3.18. The van der Waals surface area contributed by atoms with Crippen molar-refractivity contribution in [3.05, 3.63) is 57.7 Å². The van der Waals surface area contributed by atoms with Crippen molar-refractivity contribution in [1.82, 2.24) is 9.88 Å². The van der Waals surface area contributed by atoms with Gasteiger partial charge in [0, 0.05) is 44.9 Å². The topological polar surface area (TPSA) is 88.6 Å². The molecule has 0 saturated carbocycles. The van der Waals surface area contributed by atoms with Gasteiger partial charge in [-0.2, -0.15) is 0 Å². The number of anilines is 1. The Morgan fingerprint density at radius 2 is 2.04 bits per heavy atom. The minimum absolute atomic E-state index is 0.0371. The standard InChI is InChI=1S/C19H17Cl2N3O3/c20-10-1-2-16-15(7-10)14-3-4-24(17(9-25)18(14)23-16)19(27)22-12-5-11(21)6-13(26)8-12/h1-2,5-8,17,23,25-26H,3-4,9H2,(H,22,27). The SMILES string of the molecule is O=C(Nc1cc(O)cc(Cl)c1)N1CCc2c([nH]c3ccc(Cl)cc23)C1CO. The van der Waals surface area contributed by atoms with Crippen molar-refractivity contribution in [2.24, 2.45) is 0 Å². The van der Waals surface area contributed by atoms with Crippen LogP contribution in [0.4, 0.5) is 10.5 Å². The number of hydrogen-bond donors (Lipinski definition) is 4. The van der Waals surface area contributed by atoms with Crippen LogP contribution in [0.5, 0.6) is 5.75 Å². The molecular weight excluding hydrogens is 389 g/mol. The van der Waals surface area contributed by atoms with Crippen LogP contribution < -0.4 is 5.32 Å². The first-order valence-corrected chi connectivity index (χ1v) is 9.20. The third-order valence-corrected chi connectivity index (χ3v) is 5.23. The maximum Gasteiger partial charge on any atom is 0.322 e. The molecule has 2 amide bonds. The fraction of sp³-hybridized carbons (Fsp3) is 0.211. The number of phenols is 1. The van der Waals surface area contributed by atoms with E-state index in [1.165, 1.54) is 12.1 Å². The Balaban J connectivity index is 1.65. The summed E-state index contributed by atoms with van der Waals surface area (Å²) in [7, 11) is 0. The van der Waals surface area contributed by atoms with Gasteiger partial charge in [0.15, 0.2) is 0 Å². The van der Waals surface area contributed by atoms with Crippen LogP contribution in [0.1, 0.15) is 17.3 Å². The quantitative estimate of drug-likeness (QED) is 0.512. The molecule has 0 aliphatic carbocycles. The van der Waals surface area contributed by atoms with Crippen molar-refractivity contribution in [3.8, 4) is 5.75 Å². The normalized spacial score (nSPS) is 16.4. The van der Waals surface area contributed by atoms with E-state index in [2.05, 4.69) is 10.3 Å². The summed E-state index contributed by atoms with van der Waals surface area (Å²) in [6.45, 7) is 0.220. The van der Waals surface area contributed by atoms with E-state index >= 15 is 0 Å². The van der Waals surface area contributed by atoms with Gasteiger partial charge in [0.1, 0.15) is 5.75 Å². The molecule has 27 heavy (non-hydrogen) atoms. The number of amides is 2. The number of carbonyl (C=O) groups excluding carboxylic acids is 1. The molecule has 4 N–H and O–H groups in total. The fourth-order valence-corrected chi connectivity index (χ4v) is 4.01. The Bertz CT molecular complexity index is 1010. The van der Waals surface area contributed by atoms with Crippen LogP contribution in [0.25, 0.3) is 10.9 Å². The maximum atomic E-state index is 12.8. The van der Waals surface area contributed by atoms with E-state index in [-0.39, 0.29) is 18.4 Å². The van der Waals surface area contributed by atoms with E-state index in [0.717, 1.165) is 22.2 Å². The van der Waals surface area contributed by atoms with Gasteiger partial charge in [0.05, 0.1) is 12.6 Å². The molecule has 1 aliphatic heterocycles. The Morgan fingerprint density at radius 3 is 2.78 bits per heavy atom. The van der Waals surface area contributed by atoms with Crippen LogP contribution in [-0.4, -0.2) is 39.3 Å². The summed E-state index contributed by atoms with van der Waals surface area (Å²) in [6, 6.07) is 9.05. The summed E-state index contributed by atoms with van der Waals surface area (Å²) < 4.78 is 0. The van der Waals surface area contributed by atoms with Gasteiger partial charge in [-0.1, -0.05) is 23.2 Å². The Labute approximate surface area is 165 Å². The van der Waals surface area contributed by atoms with Gasteiger partial charge in [0.25, 0.3) is 0 Å². The lowest BCUT2D eigenvalue weighted by molar-refractivity contribution is 0.133. The molecule has 140 valence electrons. The summed E-state index contributed by atoms with van der Waals surface area (Å²) in [5, 5.41) is 24.3. The molecule has 2 heterocycles. The number of benzene rings is 2. The highest BCUT2D eigenvalue weighted by Crippen LogP contribution is 2.36. The number of fused-ring (bicyclic) bond motifs is 3. The summed E-state index contributed by atoms with van der Waals surface area (Å²) in [6.07, 6.45) is 0.639. The van der Waals surface area contributed by atoms with Crippen LogP contribution in [0, 0.1) is 0 Å². The zero-order valence-electron chi connectivity index (χ0n) is 14.2. The first-order valence-electron chi connectivity index (χ1n) is 8.44. The molecule has 6 nitrogen and oxygen atoms in total. The average Bonchev–Trinajstić information content (AvgIpc) is 2.97. The van der Waals surface area contributed by atoms with E-state index in [9.17, 15) is 15.0 Å². The van der Waals surface area contributed by atoms with Crippen molar-refractivity contribution < 1.29 is 15.0 Å². The molecule has 1 unspecified atom stereocenters. The van der Waals surface area contributed by atoms with Gasteiger partial charge < -0.3 is 25.4 Å². The average molecular weight is 406 g/mol. The number of aromatic amines is 1. The zero-order valence-corrected chi connectivity index (χ0v) is 15.7. The number of aliphatic hydroxyl groups is 1. The number of phenolic OH excluding ortho intramolecular Hbond substituents is 1. The largest absolute Gasteiger partial charge is 0.508 e. The summed E-state index contributed by atoms with van der Waals surface area (Å²) >= 11 is 12.0. The number of aliphatic hydroxyl groups excluding tert-OH is 1. The lowest BCUT2D eigenvalue weighted by Gasteiger charge is -2.34. The lowest BCUT2D eigenvalue weighted by Crippen LogP contribution is -2.43. The van der Waals surface area contributed by atoms with Gasteiger partial charge in [-0.25, -0.2) is 4.79 Å². The lowest BCUT2D eigenvalue weighted by atomic mass is 9.98. The third-order valence-electron chi connectivity index (χ3n) is 4.78. The Hall–Kier alpha value is -2.41. The Kier molecular flexibility index (Phi) is 4.63. The predicted molar refractivity (Wildman–Crippen MR) is 106 cm³/mol. The minimum Gasteiger partial charge on any atom is -0.508 e. The second-order valence-corrected chi connectivity index (χ2v) is 7.35. The number of nitrogens with one attached hydrogen (secondary N) is 2. The van der Waals surface area contributed by atoms with Crippen molar-refractivity contribution in [2.75, 3.05) is 18.5 Å². The number of aromatic hydroxyl groups is 1. The molecule has 3 aromatic rings. The molecule has 0 bridgehead atoms. The minimum atomic E-state index is -0.507. The number of aromatic nitrogens is 1. The molecule has 0 radical (unpaired) electrons. The fourth-order valence-electron chi connectivity index (χ4n) is 3.61. The molecule has 0 spiro atoms. The maximum absolute atomic E-state index is 12.8. The number of rotatable bonds is 2. The van der Waals surface area contributed by atoms with Gasteiger partial charge in [0.2, 0.25) is 0 Å². The molecule has 1 aliphatic rings. The molecular formula is C19H17Cl2N3O3. The number of H-pyrrole nitrogens is 1. The van der Waals surface area contributed by atoms with Crippen LogP contribution in [0.15, 0.2) is 36.4 Å². The van der Waals surface area contributed by atoms with Crippen molar-refractivity contribution in [3.63, 3.8) is 0 Å². The summed E-state index contributed by atoms with van der Waals surface area (Å²) in [5.74, 6) is -0.0371. The summed E-state index contributed by atoms with van der Waals surface area (Å²) in [4.78, 5) is 17.7. The van der Waals surface area contributed by atoms with Crippen LogP contribution >= 0.6 is 23.2 Å². The monoisotopic (exact) mass is 405 g/mol. The van der Waals surface area contributed by atoms with Gasteiger partial charge in [-0.15, -0.1) is 0 Å². The van der Waals surface area contributed by atoms with Crippen molar-refractivity contribution >= 4 is 45.8 Å². The van der Waals surface area contributed by atoms with E-state index < -0.39 is 6.04 Å². The number of halogens is 2. The van der Waals surface area contributed by atoms with E-state index in [0.29, 0.717) is 28.7 Å². The second kappa shape index (κ2) is 6.96. The van der Waals surface area contributed by atoms with Crippen molar-refractivity contribution in [2.45, 2.75) is 12.5 Å². The molecule has 4 rings (SSSR count). The van der Waals surface area contributed by atoms with Crippen molar-refractivity contribution in [1.29, 1.82) is 0 Å². The first-order chi connectivity index (χ1) is 13.0. The van der Waals surface area contributed by atoms with Crippen LogP contribution in [0.2, 0.25) is 10.0 Å². The highest BCUT2D eigenvalue weighted by atomic mass is 35.5. The number of urea groups is 1. The first kappa shape index (κ1) is 18.0. The number of carbonyl (C=O) groups is 1. The van der Waals surface area contributed by atoms with Crippen LogP contribution in [0.3, 0.4) is 0 Å². The van der Waals surface area contributed by atoms with E-state index in [1.807, 2.05) is 12.1 Å². The molecule has 8 heteroatoms. The predicted octanol–water partition coefficient (Wildman–Crippen LogP) is 4.30. The smallest absolute Gasteiger partial charge is 0.322 e.